The molecule has 3 rings (SSSR count). The maximum absolute atomic E-state index is 10.9. The quantitative estimate of drug-likeness (QED) is 0.347. The van der Waals surface area contributed by atoms with Crippen LogP contribution in [-0.2, 0) is 32.9 Å². The van der Waals surface area contributed by atoms with E-state index in [1.807, 2.05) is 24.3 Å². The fraction of sp³-hybridized carbons (Fsp3) is 0.481. The first-order chi connectivity index (χ1) is 14.8. The molecule has 5 heteroatoms. The first kappa shape index (κ1) is 24.9. The zero-order valence-electron chi connectivity index (χ0n) is 20.4. The molecule has 4 nitrogen and oxygen atoms in total. The van der Waals surface area contributed by atoms with E-state index in [2.05, 4.69) is 71.2 Å². The van der Waals surface area contributed by atoms with Crippen LogP contribution < -0.4 is 0 Å². The van der Waals surface area contributed by atoms with E-state index in [1.54, 1.807) is 0 Å². The zero-order valence-corrected chi connectivity index (χ0v) is 21.3. The summed E-state index contributed by atoms with van der Waals surface area (Å²) in [6.07, 6.45) is 4.34. The van der Waals surface area contributed by atoms with Crippen LogP contribution in [0.5, 0.6) is 0 Å². The maximum atomic E-state index is 10.9. The molecular formula is C27H37O4P. The fourth-order valence-corrected chi connectivity index (χ4v) is 5.44. The van der Waals surface area contributed by atoms with Gasteiger partial charge in [0.25, 0.3) is 0 Å². The number of aryl methyl sites for hydroxylation is 1. The van der Waals surface area contributed by atoms with Crippen LogP contribution in [0.25, 0.3) is 11.6 Å². The number of hydrogen-bond acceptors (Lipinski definition) is 2. The van der Waals surface area contributed by atoms with Crippen molar-refractivity contribution in [3.05, 3.63) is 69.8 Å². The second-order valence-corrected chi connectivity index (χ2v) is 11.5. The summed E-state index contributed by atoms with van der Waals surface area (Å²) in [7, 11) is -4.46. The number of phosphoric ester groups is 1. The predicted molar refractivity (Wildman–Crippen MR) is 132 cm³/mol. The minimum atomic E-state index is -4.46. The molecule has 1 atom stereocenters. The third kappa shape index (κ3) is 4.94. The summed E-state index contributed by atoms with van der Waals surface area (Å²) in [5.41, 5.74) is 8.96. The van der Waals surface area contributed by atoms with Crippen molar-refractivity contribution in [2.75, 3.05) is 0 Å². The molecule has 0 aliphatic heterocycles. The SMILES string of the molecule is CCCc1cc2c(cc1C(C)=Cc1ccc(COP(=O)(O)O)cc1)C(C)(C)C(C)C2(C)C. The van der Waals surface area contributed by atoms with E-state index in [4.69, 9.17) is 9.79 Å². The number of allylic oxidation sites excluding steroid dienone is 1. The number of phosphoric acid groups is 1. The Bertz CT molecular complexity index is 1060. The Balaban J connectivity index is 1.97. The van der Waals surface area contributed by atoms with Crippen molar-refractivity contribution in [3.63, 3.8) is 0 Å². The third-order valence-corrected chi connectivity index (χ3v) is 7.97. The molecule has 0 aromatic heterocycles. The summed E-state index contributed by atoms with van der Waals surface area (Å²) in [6.45, 7) is 16.1. The van der Waals surface area contributed by atoms with Crippen LogP contribution in [0.4, 0.5) is 0 Å². The van der Waals surface area contributed by atoms with Crippen LogP contribution in [0.1, 0.15) is 88.3 Å². The van der Waals surface area contributed by atoms with Crippen molar-refractivity contribution in [1.29, 1.82) is 0 Å². The lowest BCUT2D eigenvalue weighted by Crippen LogP contribution is -2.30. The van der Waals surface area contributed by atoms with E-state index < -0.39 is 7.82 Å². The standard InChI is InChI=1S/C27H37O4P/c1-8-9-22-15-24-25(27(6,7)19(3)26(24,4)5)16-23(22)18(2)14-20-10-12-21(13-11-20)17-31-32(28,29)30/h10-16,19H,8-9,17H2,1-7H3,(H2,28,29,30). The molecule has 1 aliphatic rings. The summed E-state index contributed by atoms with van der Waals surface area (Å²) in [5.74, 6) is 0.557. The van der Waals surface area contributed by atoms with Crippen molar-refractivity contribution in [2.45, 2.75) is 78.7 Å². The molecule has 32 heavy (non-hydrogen) atoms. The summed E-state index contributed by atoms with van der Waals surface area (Å²) in [5, 5.41) is 0. The molecule has 1 aliphatic carbocycles. The van der Waals surface area contributed by atoms with Crippen LogP contribution in [0.3, 0.4) is 0 Å². The van der Waals surface area contributed by atoms with Gasteiger partial charge in [-0.2, -0.15) is 0 Å². The lowest BCUT2D eigenvalue weighted by atomic mass is 9.71. The summed E-state index contributed by atoms with van der Waals surface area (Å²) in [4.78, 5) is 17.8. The van der Waals surface area contributed by atoms with Gasteiger partial charge < -0.3 is 9.79 Å². The van der Waals surface area contributed by atoms with Gasteiger partial charge in [0.05, 0.1) is 6.61 Å². The molecule has 0 spiro atoms. The molecule has 2 aromatic rings. The van der Waals surface area contributed by atoms with Gasteiger partial charge in [0.2, 0.25) is 0 Å². The van der Waals surface area contributed by atoms with Crippen molar-refractivity contribution in [1.82, 2.24) is 0 Å². The topological polar surface area (TPSA) is 66.8 Å². The first-order valence-corrected chi connectivity index (χ1v) is 13.0. The highest BCUT2D eigenvalue weighted by Crippen LogP contribution is 2.54. The maximum Gasteiger partial charge on any atom is 0.469 e. The van der Waals surface area contributed by atoms with Gasteiger partial charge in [-0.05, 0) is 69.0 Å². The molecule has 0 saturated heterocycles. The van der Waals surface area contributed by atoms with Crippen molar-refractivity contribution in [3.8, 4) is 0 Å². The third-order valence-electron chi connectivity index (χ3n) is 7.50. The predicted octanol–water partition coefficient (Wildman–Crippen LogP) is 7.01. The minimum absolute atomic E-state index is 0.109. The minimum Gasteiger partial charge on any atom is -0.303 e. The summed E-state index contributed by atoms with van der Waals surface area (Å²) < 4.78 is 15.5. The molecule has 0 bridgehead atoms. The van der Waals surface area contributed by atoms with Gasteiger partial charge in [0, 0.05) is 0 Å². The van der Waals surface area contributed by atoms with Gasteiger partial charge in [-0.3, -0.25) is 4.52 Å². The van der Waals surface area contributed by atoms with E-state index in [0.29, 0.717) is 5.92 Å². The Labute approximate surface area is 193 Å². The molecule has 174 valence electrons. The van der Waals surface area contributed by atoms with Crippen LogP contribution in [-0.4, -0.2) is 9.79 Å². The molecule has 2 aromatic carbocycles. The van der Waals surface area contributed by atoms with Gasteiger partial charge in [0.1, 0.15) is 0 Å². The Hall–Kier alpha value is -1.71. The lowest BCUT2D eigenvalue weighted by molar-refractivity contribution is 0.189. The van der Waals surface area contributed by atoms with Gasteiger partial charge in [-0.1, -0.05) is 90.4 Å². The summed E-state index contributed by atoms with van der Waals surface area (Å²) >= 11 is 0. The summed E-state index contributed by atoms with van der Waals surface area (Å²) in [6, 6.07) is 12.5. The van der Waals surface area contributed by atoms with Crippen molar-refractivity contribution >= 4 is 19.5 Å². The van der Waals surface area contributed by atoms with E-state index in [1.165, 1.54) is 27.8 Å². The molecule has 0 heterocycles. The second kappa shape index (κ2) is 8.91. The highest BCUT2D eigenvalue weighted by molar-refractivity contribution is 7.46. The van der Waals surface area contributed by atoms with Gasteiger partial charge in [-0.15, -0.1) is 0 Å². The first-order valence-electron chi connectivity index (χ1n) is 11.4. The Morgan fingerprint density at radius 2 is 1.62 bits per heavy atom. The highest BCUT2D eigenvalue weighted by Gasteiger charge is 2.48. The fourth-order valence-electron chi connectivity index (χ4n) is 5.12. The van der Waals surface area contributed by atoms with Gasteiger partial charge >= 0.3 is 7.82 Å². The normalized spacial score (nSPS) is 19.8. The monoisotopic (exact) mass is 456 g/mol. The molecule has 0 radical (unpaired) electrons. The molecule has 0 fully saturated rings. The zero-order chi connectivity index (χ0) is 23.9. The van der Waals surface area contributed by atoms with E-state index in [9.17, 15) is 4.57 Å². The Morgan fingerprint density at radius 1 is 1.06 bits per heavy atom. The second-order valence-electron chi connectivity index (χ2n) is 10.3. The molecule has 2 N–H and O–H groups in total. The van der Waals surface area contributed by atoms with E-state index >= 15 is 0 Å². The molecule has 0 amide bonds. The Kier molecular flexibility index (Phi) is 6.94. The van der Waals surface area contributed by atoms with Crippen LogP contribution >= 0.6 is 7.82 Å². The number of fused-ring (bicyclic) bond motifs is 1. The smallest absolute Gasteiger partial charge is 0.303 e. The molecule has 1 unspecified atom stereocenters. The number of benzene rings is 2. The van der Waals surface area contributed by atoms with Crippen molar-refractivity contribution < 1.29 is 18.9 Å². The molecular weight excluding hydrogens is 419 g/mol. The average Bonchev–Trinajstić information content (AvgIpc) is 2.84. The van der Waals surface area contributed by atoms with Crippen LogP contribution in [0.2, 0.25) is 0 Å². The van der Waals surface area contributed by atoms with E-state index in [0.717, 1.165) is 24.0 Å². The van der Waals surface area contributed by atoms with E-state index in [-0.39, 0.29) is 17.4 Å². The van der Waals surface area contributed by atoms with Crippen molar-refractivity contribution in [2.24, 2.45) is 5.92 Å². The Morgan fingerprint density at radius 3 is 2.16 bits per heavy atom. The average molecular weight is 457 g/mol. The number of rotatable bonds is 7. The van der Waals surface area contributed by atoms with Crippen LogP contribution in [0.15, 0.2) is 36.4 Å². The largest absolute Gasteiger partial charge is 0.469 e. The highest BCUT2D eigenvalue weighted by atomic mass is 31.2. The van der Waals surface area contributed by atoms with Gasteiger partial charge in [0.15, 0.2) is 0 Å². The number of hydrogen-bond donors (Lipinski definition) is 2. The van der Waals surface area contributed by atoms with Gasteiger partial charge in [-0.25, -0.2) is 4.57 Å². The van der Waals surface area contributed by atoms with Crippen LogP contribution in [0, 0.1) is 5.92 Å². The lowest BCUT2D eigenvalue weighted by Gasteiger charge is -2.32. The molecule has 0 saturated carbocycles.